The smallest absolute Gasteiger partial charge is 0.00833 e. The minimum atomic E-state index is 0.261. The molecule has 1 aromatic carbocycles. The highest BCUT2D eigenvalue weighted by atomic mass is 32.1. The van der Waals surface area contributed by atoms with E-state index in [2.05, 4.69) is 53.7 Å². The third-order valence-electron chi connectivity index (χ3n) is 4.59. The van der Waals surface area contributed by atoms with Gasteiger partial charge in [0.25, 0.3) is 0 Å². The number of fused-ring (bicyclic) bond motifs is 1. The van der Waals surface area contributed by atoms with E-state index in [9.17, 15) is 0 Å². The summed E-state index contributed by atoms with van der Waals surface area (Å²) in [6, 6.07) is 4.70. The Morgan fingerprint density at radius 3 is 2.11 bits per heavy atom. The summed E-state index contributed by atoms with van der Waals surface area (Å²) in [5.41, 5.74) is 4.97. The van der Waals surface area contributed by atoms with Crippen molar-refractivity contribution in [2.45, 2.75) is 76.0 Å². The highest BCUT2D eigenvalue weighted by Crippen LogP contribution is 2.48. The number of hydrogen-bond donors (Lipinski definition) is 1. The van der Waals surface area contributed by atoms with Crippen molar-refractivity contribution in [2.75, 3.05) is 0 Å². The molecule has 0 heterocycles. The van der Waals surface area contributed by atoms with E-state index in [1.807, 2.05) is 0 Å². The molecule has 0 aliphatic heterocycles. The molecule has 0 bridgehead atoms. The van der Waals surface area contributed by atoms with Gasteiger partial charge in [-0.25, -0.2) is 0 Å². The molecule has 0 saturated carbocycles. The van der Waals surface area contributed by atoms with Crippen molar-refractivity contribution in [3.63, 3.8) is 0 Å². The Morgan fingerprint density at radius 1 is 1.00 bits per heavy atom. The molecule has 1 aliphatic carbocycles. The molecule has 0 radical (unpaired) electrons. The van der Waals surface area contributed by atoms with Crippen LogP contribution in [0.1, 0.15) is 77.0 Å². The maximum atomic E-state index is 4.79. The molecule has 0 unspecified atom stereocenters. The van der Waals surface area contributed by atoms with Crippen LogP contribution in [0.25, 0.3) is 0 Å². The molecule has 0 aromatic heterocycles. The first-order valence-corrected chi connectivity index (χ1v) is 7.48. The predicted octanol–water partition coefficient (Wildman–Crippen LogP) is 5.45. The Kier molecular flexibility index (Phi) is 3.34. The standard InChI is InChI=1S/C17H26S/c1-11(2)12-9-13-15(14(18)10-12)17(5,6)8-7-16(13,3)4/h9-11,18H,7-8H2,1-6H3. The van der Waals surface area contributed by atoms with Gasteiger partial charge in [0.2, 0.25) is 0 Å². The van der Waals surface area contributed by atoms with Crippen LogP contribution in [0.2, 0.25) is 0 Å². The van der Waals surface area contributed by atoms with Gasteiger partial charge in [0.15, 0.2) is 0 Å². The highest BCUT2D eigenvalue weighted by molar-refractivity contribution is 7.80. The van der Waals surface area contributed by atoms with Crippen molar-refractivity contribution < 1.29 is 0 Å². The van der Waals surface area contributed by atoms with E-state index in [0.29, 0.717) is 5.92 Å². The second kappa shape index (κ2) is 4.30. The second-order valence-electron chi connectivity index (χ2n) is 7.39. The Bertz CT molecular complexity index is 467. The summed E-state index contributed by atoms with van der Waals surface area (Å²) in [4.78, 5) is 1.19. The van der Waals surface area contributed by atoms with Gasteiger partial charge in [-0.15, -0.1) is 12.6 Å². The molecule has 1 aromatic rings. The van der Waals surface area contributed by atoms with Crippen LogP contribution in [0.15, 0.2) is 17.0 Å². The largest absolute Gasteiger partial charge is 0.143 e. The summed E-state index contributed by atoms with van der Waals surface area (Å²) in [5, 5.41) is 0. The molecule has 0 N–H and O–H groups in total. The lowest BCUT2D eigenvalue weighted by atomic mass is 9.62. The van der Waals surface area contributed by atoms with Crippen LogP contribution in [0, 0.1) is 0 Å². The van der Waals surface area contributed by atoms with Gasteiger partial charge in [0.1, 0.15) is 0 Å². The van der Waals surface area contributed by atoms with Gasteiger partial charge >= 0.3 is 0 Å². The number of thiol groups is 1. The fourth-order valence-electron chi connectivity index (χ4n) is 3.11. The van der Waals surface area contributed by atoms with Crippen molar-refractivity contribution in [3.8, 4) is 0 Å². The highest BCUT2D eigenvalue weighted by Gasteiger charge is 2.38. The lowest BCUT2D eigenvalue weighted by Gasteiger charge is -2.43. The zero-order chi connectivity index (χ0) is 13.7. The maximum absolute atomic E-state index is 4.79. The van der Waals surface area contributed by atoms with E-state index in [1.54, 1.807) is 0 Å². The lowest BCUT2D eigenvalue weighted by Crippen LogP contribution is -2.34. The monoisotopic (exact) mass is 262 g/mol. The summed E-state index contributed by atoms with van der Waals surface area (Å²) >= 11 is 4.79. The molecule has 100 valence electrons. The molecule has 0 atom stereocenters. The van der Waals surface area contributed by atoms with Crippen LogP contribution in [-0.2, 0) is 10.8 Å². The van der Waals surface area contributed by atoms with E-state index >= 15 is 0 Å². The predicted molar refractivity (Wildman–Crippen MR) is 83.1 cm³/mol. The molecular weight excluding hydrogens is 236 g/mol. The molecule has 0 nitrogen and oxygen atoms in total. The minimum Gasteiger partial charge on any atom is -0.143 e. The van der Waals surface area contributed by atoms with Gasteiger partial charge in [0, 0.05) is 4.90 Å². The molecule has 1 heteroatoms. The number of benzene rings is 1. The molecule has 0 spiro atoms. The third-order valence-corrected chi connectivity index (χ3v) is 4.94. The van der Waals surface area contributed by atoms with E-state index < -0.39 is 0 Å². The van der Waals surface area contributed by atoms with Crippen molar-refractivity contribution >= 4 is 12.6 Å². The van der Waals surface area contributed by atoms with Crippen LogP contribution in [0.3, 0.4) is 0 Å². The average molecular weight is 262 g/mol. The molecule has 1 aliphatic rings. The zero-order valence-corrected chi connectivity index (χ0v) is 13.5. The lowest BCUT2D eigenvalue weighted by molar-refractivity contribution is 0.326. The fraction of sp³-hybridized carbons (Fsp3) is 0.647. The summed E-state index contributed by atoms with van der Waals surface area (Å²) < 4.78 is 0. The van der Waals surface area contributed by atoms with Gasteiger partial charge in [-0.2, -0.15) is 0 Å². The van der Waals surface area contributed by atoms with E-state index in [4.69, 9.17) is 12.6 Å². The first kappa shape index (κ1) is 14.0. The first-order valence-electron chi connectivity index (χ1n) is 7.03. The maximum Gasteiger partial charge on any atom is 0.00833 e. The zero-order valence-electron chi connectivity index (χ0n) is 12.6. The van der Waals surface area contributed by atoms with E-state index in [1.165, 1.54) is 34.4 Å². The molecular formula is C17H26S. The van der Waals surface area contributed by atoms with Gasteiger partial charge in [-0.05, 0) is 52.3 Å². The average Bonchev–Trinajstić information content (AvgIpc) is 2.23. The minimum absolute atomic E-state index is 0.261. The number of hydrogen-bond acceptors (Lipinski definition) is 1. The topological polar surface area (TPSA) is 0 Å². The Hall–Kier alpha value is -0.430. The van der Waals surface area contributed by atoms with Crippen LogP contribution < -0.4 is 0 Å². The van der Waals surface area contributed by atoms with Gasteiger partial charge in [-0.3, -0.25) is 0 Å². The van der Waals surface area contributed by atoms with Crippen LogP contribution in [0.4, 0.5) is 0 Å². The van der Waals surface area contributed by atoms with Crippen molar-refractivity contribution in [1.29, 1.82) is 0 Å². The summed E-state index contributed by atoms with van der Waals surface area (Å²) in [5.74, 6) is 0.571. The first-order chi connectivity index (χ1) is 8.15. The summed E-state index contributed by atoms with van der Waals surface area (Å²) in [6.07, 6.45) is 2.52. The number of rotatable bonds is 1. The van der Waals surface area contributed by atoms with Crippen LogP contribution >= 0.6 is 12.6 Å². The summed E-state index contributed by atoms with van der Waals surface area (Å²) in [7, 11) is 0. The Labute approximate surface area is 118 Å². The van der Waals surface area contributed by atoms with Crippen LogP contribution in [0.5, 0.6) is 0 Å². The third kappa shape index (κ3) is 2.22. The normalized spacial score (nSPS) is 20.9. The second-order valence-corrected chi connectivity index (χ2v) is 7.87. The molecule has 18 heavy (non-hydrogen) atoms. The van der Waals surface area contributed by atoms with Gasteiger partial charge < -0.3 is 0 Å². The quantitative estimate of drug-likeness (QED) is 0.639. The van der Waals surface area contributed by atoms with Gasteiger partial charge in [0.05, 0.1) is 0 Å². The van der Waals surface area contributed by atoms with Crippen molar-refractivity contribution in [3.05, 3.63) is 28.8 Å². The van der Waals surface area contributed by atoms with Crippen LogP contribution in [-0.4, -0.2) is 0 Å². The molecule has 0 fully saturated rings. The molecule has 0 saturated heterocycles. The fourth-order valence-corrected chi connectivity index (χ4v) is 3.68. The van der Waals surface area contributed by atoms with E-state index in [-0.39, 0.29) is 10.8 Å². The van der Waals surface area contributed by atoms with E-state index in [0.717, 1.165) is 0 Å². The Balaban J connectivity index is 2.71. The van der Waals surface area contributed by atoms with Crippen molar-refractivity contribution in [2.24, 2.45) is 0 Å². The summed E-state index contributed by atoms with van der Waals surface area (Å²) in [6.45, 7) is 14.0. The molecule has 2 rings (SSSR count). The SMILES string of the molecule is CC(C)c1cc(S)c2c(c1)C(C)(C)CCC2(C)C. The van der Waals surface area contributed by atoms with Crippen molar-refractivity contribution in [1.82, 2.24) is 0 Å². The Morgan fingerprint density at radius 2 is 1.56 bits per heavy atom. The van der Waals surface area contributed by atoms with Gasteiger partial charge in [-0.1, -0.05) is 47.6 Å². The molecule has 0 amide bonds.